The first-order chi connectivity index (χ1) is 16.7. The molecule has 0 N–H and O–H groups in total. The smallest absolute Gasteiger partial charge is 0.254 e. The number of hydrogen-bond donors (Lipinski definition) is 0. The van der Waals surface area contributed by atoms with Crippen LogP contribution in [0.5, 0.6) is 5.88 Å². The third kappa shape index (κ3) is 4.91. The van der Waals surface area contributed by atoms with Gasteiger partial charge in [0.1, 0.15) is 6.61 Å². The van der Waals surface area contributed by atoms with Crippen LogP contribution in [0.15, 0.2) is 54.7 Å². The van der Waals surface area contributed by atoms with Gasteiger partial charge in [-0.15, -0.1) is 0 Å². The maximum atomic E-state index is 13.6. The molecule has 0 aliphatic carbocycles. The molecule has 34 heavy (non-hydrogen) atoms. The normalized spacial score (nSPS) is 16.5. The highest BCUT2D eigenvalue weighted by molar-refractivity contribution is 6.10. The first-order valence-corrected chi connectivity index (χ1v) is 12.4. The summed E-state index contributed by atoms with van der Waals surface area (Å²) in [5, 5.41) is 1.57. The number of nitrogens with zero attached hydrogens (tertiary/aromatic N) is 3. The summed E-state index contributed by atoms with van der Waals surface area (Å²) >= 11 is 0. The molecule has 2 saturated heterocycles. The summed E-state index contributed by atoms with van der Waals surface area (Å²) < 4.78 is 5.94. The molecule has 3 heterocycles. The maximum absolute atomic E-state index is 13.6. The molecule has 0 unspecified atom stereocenters. The quantitative estimate of drug-likeness (QED) is 0.537. The largest absolute Gasteiger partial charge is 0.473 e. The van der Waals surface area contributed by atoms with Gasteiger partial charge in [-0.25, -0.2) is 4.98 Å². The number of aromatic nitrogens is 1. The first kappa shape index (κ1) is 22.4. The molecule has 0 saturated carbocycles. The molecular formula is C28H31N3O3. The number of carbonyl (C=O) groups is 2. The SMILES string of the molecule is O=C(c1cc(C(=O)N2CCCCC2)c2cc(OCc3ccccc3)ncc2c1)N1CCCCC1. The molecule has 2 fully saturated rings. The summed E-state index contributed by atoms with van der Waals surface area (Å²) in [7, 11) is 0. The number of benzene rings is 2. The molecule has 5 rings (SSSR count). The van der Waals surface area contributed by atoms with Gasteiger partial charge in [0, 0.05) is 60.3 Å². The highest BCUT2D eigenvalue weighted by Crippen LogP contribution is 2.28. The van der Waals surface area contributed by atoms with Crippen molar-refractivity contribution in [2.45, 2.75) is 45.1 Å². The van der Waals surface area contributed by atoms with Crippen LogP contribution < -0.4 is 4.74 Å². The van der Waals surface area contributed by atoms with Crippen molar-refractivity contribution in [2.75, 3.05) is 26.2 Å². The van der Waals surface area contributed by atoms with Crippen molar-refractivity contribution in [3.05, 3.63) is 71.4 Å². The second-order valence-electron chi connectivity index (χ2n) is 9.25. The van der Waals surface area contributed by atoms with E-state index in [1.54, 1.807) is 12.3 Å². The van der Waals surface area contributed by atoms with Gasteiger partial charge >= 0.3 is 0 Å². The highest BCUT2D eigenvalue weighted by atomic mass is 16.5. The predicted octanol–water partition coefficient (Wildman–Crippen LogP) is 5.07. The van der Waals surface area contributed by atoms with Crippen molar-refractivity contribution in [1.82, 2.24) is 14.8 Å². The number of carbonyl (C=O) groups excluding carboxylic acids is 2. The van der Waals surface area contributed by atoms with E-state index in [2.05, 4.69) is 4.98 Å². The lowest BCUT2D eigenvalue weighted by molar-refractivity contribution is 0.0724. The molecule has 176 valence electrons. The van der Waals surface area contributed by atoms with Gasteiger partial charge in [0.25, 0.3) is 11.8 Å². The van der Waals surface area contributed by atoms with Crippen molar-refractivity contribution in [2.24, 2.45) is 0 Å². The van der Waals surface area contributed by atoms with E-state index in [9.17, 15) is 9.59 Å². The number of ether oxygens (including phenoxy) is 1. The van der Waals surface area contributed by atoms with Crippen LogP contribution in [-0.2, 0) is 6.61 Å². The number of pyridine rings is 1. The van der Waals surface area contributed by atoms with Crippen LogP contribution >= 0.6 is 0 Å². The zero-order chi connectivity index (χ0) is 23.3. The van der Waals surface area contributed by atoms with Gasteiger partial charge in [-0.3, -0.25) is 9.59 Å². The second-order valence-corrected chi connectivity index (χ2v) is 9.25. The highest BCUT2D eigenvalue weighted by Gasteiger charge is 2.24. The molecule has 2 aliphatic rings. The Morgan fingerprint density at radius 3 is 2.12 bits per heavy atom. The Hall–Kier alpha value is -3.41. The minimum Gasteiger partial charge on any atom is -0.473 e. The third-order valence-electron chi connectivity index (χ3n) is 6.80. The van der Waals surface area contributed by atoms with Crippen LogP contribution in [0.1, 0.15) is 64.8 Å². The zero-order valence-corrected chi connectivity index (χ0v) is 19.5. The van der Waals surface area contributed by atoms with Crippen LogP contribution in [0.3, 0.4) is 0 Å². The standard InChI is InChI=1S/C28H31N3O3/c32-27(30-12-6-2-7-13-30)22-16-23-19-29-26(34-20-21-10-4-1-5-11-21)18-24(23)25(17-22)28(33)31-14-8-3-9-15-31/h1,4-5,10-11,16-19H,2-3,6-9,12-15,20H2. The van der Waals surface area contributed by atoms with Crippen molar-refractivity contribution in [1.29, 1.82) is 0 Å². The van der Waals surface area contributed by atoms with E-state index in [1.165, 1.54) is 0 Å². The predicted molar refractivity (Wildman–Crippen MR) is 132 cm³/mol. The molecular weight excluding hydrogens is 426 g/mol. The van der Waals surface area contributed by atoms with Gasteiger partial charge in [0.05, 0.1) is 0 Å². The van der Waals surface area contributed by atoms with Gasteiger partial charge < -0.3 is 14.5 Å². The Bertz CT molecular complexity index is 1170. The van der Waals surface area contributed by atoms with Gasteiger partial charge in [-0.05, 0) is 56.2 Å². The Morgan fingerprint density at radius 1 is 0.794 bits per heavy atom. The van der Waals surface area contributed by atoms with E-state index >= 15 is 0 Å². The molecule has 0 atom stereocenters. The Kier molecular flexibility index (Phi) is 6.74. The molecule has 0 bridgehead atoms. The molecule has 2 amide bonds. The van der Waals surface area contributed by atoms with Crippen LogP contribution in [0.4, 0.5) is 0 Å². The molecule has 0 radical (unpaired) electrons. The first-order valence-electron chi connectivity index (χ1n) is 12.4. The minimum absolute atomic E-state index is 0.00121. The fraction of sp³-hybridized carbons (Fsp3) is 0.393. The number of hydrogen-bond acceptors (Lipinski definition) is 4. The summed E-state index contributed by atoms with van der Waals surface area (Å²) in [4.78, 5) is 35.2. The molecule has 6 heteroatoms. The maximum Gasteiger partial charge on any atom is 0.254 e. The monoisotopic (exact) mass is 457 g/mol. The topological polar surface area (TPSA) is 62.7 Å². The molecule has 3 aromatic rings. The average molecular weight is 458 g/mol. The minimum atomic E-state index is -0.0156. The van der Waals surface area contributed by atoms with Crippen molar-refractivity contribution in [3.8, 4) is 5.88 Å². The fourth-order valence-electron chi connectivity index (χ4n) is 4.90. The molecule has 0 spiro atoms. The van der Waals surface area contributed by atoms with Gasteiger partial charge in [-0.2, -0.15) is 0 Å². The number of likely N-dealkylation sites (tertiary alicyclic amines) is 2. The van der Waals surface area contributed by atoms with E-state index in [1.807, 2.05) is 52.3 Å². The summed E-state index contributed by atoms with van der Waals surface area (Å²) in [5.41, 5.74) is 2.18. The zero-order valence-electron chi connectivity index (χ0n) is 19.5. The summed E-state index contributed by atoms with van der Waals surface area (Å²) in [6.07, 6.45) is 8.13. The number of amides is 2. The van der Waals surface area contributed by atoms with Crippen molar-refractivity contribution in [3.63, 3.8) is 0 Å². The van der Waals surface area contributed by atoms with Crippen LogP contribution in [-0.4, -0.2) is 52.8 Å². The number of rotatable bonds is 5. The lowest BCUT2D eigenvalue weighted by atomic mass is 9.99. The summed E-state index contributed by atoms with van der Waals surface area (Å²) in [6.45, 7) is 3.47. The average Bonchev–Trinajstić information content (AvgIpc) is 2.92. The Morgan fingerprint density at radius 2 is 1.44 bits per heavy atom. The number of fused-ring (bicyclic) bond motifs is 1. The van der Waals surface area contributed by atoms with E-state index < -0.39 is 0 Å². The van der Waals surface area contributed by atoms with Crippen molar-refractivity contribution < 1.29 is 14.3 Å². The third-order valence-corrected chi connectivity index (χ3v) is 6.80. The van der Waals surface area contributed by atoms with Crippen LogP contribution in [0.25, 0.3) is 10.8 Å². The molecule has 1 aromatic heterocycles. The van der Waals surface area contributed by atoms with Gasteiger partial charge in [0.15, 0.2) is 0 Å². The number of piperidine rings is 2. The van der Waals surface area contributed by atoms with E-state index in [4.69, 9.17) is 4.74 Å². The van der Waals surface area contributed by atoms with E-state index in [0.717, 1.165) is 81.0 Å². The lowest BCUT2D eigenvalue weighted by Gasteiger charge is -2.28. The second kappa shape index (κ2) is 10.2. The summed E-state index contributed by atoms with van der Waals surface area (Å²) in [5.74, 6) is 0.455. The summed E-state index contributed by atoms with van der Waals surface area (Å²) in [6, 6.07) is 15.4. The van der Waals surface area contributed by atoms with Crippen LogP contribution in [0.2, 0.25) is 0 Å². The fourth-order valence-corrected chi connectivity index (χ4v) is 4.90. The van der Waals surface area contributed by atoms with Gasteiger partial charge in [0.2, 0.25) is 5.88 Å². The molecule has 2 aromatic carbocycles. The van der Waals surface area contributed by atoms with Gasteiger partial charge in [-0.1, -0.05) is 30.3 Å². The molecule has 2 aliphatic heterocycles. The van der Waals surface area contributed by atoms with E-state index in [-0.39, 0.29) is 11.8 Å². The lowest BCUT2D eigenvalue weighted by Crippen LogP contribution is -2.37. The molecule has 6 nitrogen and oxygen atoms in total. The Labute approximate surface area is 200 Å². The van der Waals surface area contributed by atoms with Crippen LogP contribution in [0, 0.1) is 0 Å². The van der Waals surface area contributed by atoms with Crippen molar-refractivity contribution >= 4 is 22.6 Å². The Balaban J connectivity index is 1.50. The van der Waals surface area contributed by atoms with E-state index in [0.29, 0.717) is 23.6 Å².